The number of aromatic nitrogens is 3. The summed E-state index contributed by atoms with van der Waals surface area (Å²) in [6, 6.07) is 6.36. The zero-order valence-corrected chi connectivity index (χ0v) is 21.2. The topological polar surface area (TPSA) is 118 Å². The van der Waals surface area contributed by atoms with E-state index in [1.54, 1.807) is 10.7 Å². The molecule has 0 radical (unpaired) electrons. The molecule has 186 valence electrons. The van der Waals surface area contributed by atoms with Crippen LogP contribution in [-0.2, 0) is 6.54 Å². The number of hydrogen-bond acceptors (Lipinski definition) is 7. The van der Waals surface area contributed by atoms with Crippen LogP contribution >= 0.6 is 11.9 Å². The van der Waals surface area contributed by atoms with Crippen LogP contribution in [0.25, 0.3) is 16.9 Å². The first-order valence-corrected chi connectivity index (χ1v) is 13.8. The molecule has 2 amide bonds. The second-order valence-electron chi connectivity index (χ2n) is 10.8. The smallest absolute Gasteiger partial charge is 0.259 e. The molecule has 2 unspecified atom stereocenters. The SMILES string of the molecule is CSNc1cc(-c2ccn3nc(N)c(C(=O)NC4CC45CC5)c3n2)cc2c1C(=O)N(C(C)C1CC1)C2. The van der Waals surface area contributed by atoms with E-state index in [1.165, 1.54) is 37.6 Å². The molecule has 3 fully saturated rings. The van der Waals surface area contributed by atoms with Crippen LogP contribution in [0.2, 0.25) is 0 Å². The van der Waals surface area contributed by atoms with E-state index in [0.717, 1.165) is 28.8 Å². The molecular formula is C26H29N7O2S. The van der Waals surface area contributed by atoms with Crippen LogP contribution < -0.4 is 15.8 Å². The van der Waals surface area contributed by atoms with E-state index >= 15 is 0 Å². The third-order valence-corrected chi connectivity index (χ3v) is 8.89. The Morgan fingerprint density at radius 1 is 1.31 bits per heavy atom. The van der Waals surface area contributed by atoms with Crippen molar-refractivity contribution in [3.05, 3.63) is 41.1 Å². The van der Waals surface area contributed by atoms with Gasteiger partial charge in [0.05, 0.1) is 16.9 Å². The Morgan fingerprint density at radius 3 is 2.81 bits per heavy atom. The van der Waals surface area contributed by atoms with E-state index in [9.17, 15) is 9.59 Å². The van der Waals surface area contributed by atoms with Crippen LogP contribution in [-0.4, -0.2) is 49.7 Å². The molecule has 36 heavy (non-hydrogen) atoms. The normalized spacial score (nSPS) is 22.1. The summed E-state index contributed by atoms with van der Waals surface area (Å²) in [7, 11) is 0. The van der Waals surface area contributed by atoms with Gasteiger partial charge in [-0.1, -0.05) is 11.9 Å². The Bertz CT molecular complexity index is 1440. The van der Waals surface area contributed by atoms with Crippen molar-refractivity contribution in [3.8, 4) is 11.3 Å². The summed E-state index contributed by atoms with van der Waals surface area (Å²) in [6.07, 6.45) is 9.54. The van der Waals surface area contributed by atoms with Gasteiger partial charge in [0.15, 0.2) is 11.5 Å². The molecule has 0 bridgehead atoms. The van der Waals surface area contributed by atoms with Gasteiger partial charge in [0.2, 0.25) is 0 Å². The Hall–Kier alpha value is -3.27. The number of rotatable bonds is 7. The molecule has 9 nitrogen and oxygen atoms in total. The molecule has 3 aliphatic carbocycles. The van der Waals surface area contributed by atoms with E-state index in [1.807, 2.05) is 23.3 Å². The van der Waals surface area contributed by atoms with Gasteiger partial charge in [-0.3, -0.25) is 9.59 Å². The minimum atomic E-state index is -0.213. The molecule has 0 saturated heterocycles. The maximum atomic E-state index is 13.3. The molecule has 3 saturated carbocycles. The zero-order chi connectivity index (χ0) is 24.8. The van der Waals surface area contributed by atoms with Crippen molar-refractivity contribution in [3.63, 3.8) is 0 Å². The fraction of sp³-hybridized carbons (Fsp3) is 0.462. The summed E-state index contributed by atoms with van der Waals surface area (Å²) < 4.78 is 4.87. The average molecular weight is 504 g/mol. The molecule has 10 heteroatoms. The van der Waals surface area contributed by atoms with Crippen LogP contribution in [0, 0.1) is 11.3 Å². The minimum Gasteiger partial charge on any atom is -0.381 e. The van der Waals surface area contributed by atoms with Gasteiger partial charge in [0.25, 0.3) is 11.8 Å². The third-order valence-electron chi connectivity index (χ3n) is 8.47. The number of nitrogen functional groups attached to an aromatic ring is 1. The van der Waals surface area contributed by atoms with Crippen molar-refractivity contribution >= 4 is 40.9 Å². The lowest BCUT2D eigenvalue weighted by molar-refractivity contribution is 0.0698. The molecule has 1 spiro atoms. The van der Waals surface area contributed by atoms with Gasteiger partial charge in [0.1, 0.15) is 5.56 Å². The van der Waals surface area contributed by atoms with E-state index in [-0.39, 0.29) is 29.7 Å². The Kier molecular flexibility index (Phi) is 4.65. The number of nitrogens with two attached hydrogens (primary N) is 1. The summed E-state index contributed by atoms with van der Waals surface area (Å²) in [5, 5.41) is 7.45. The summed E-state index contributed by atoms with van der Waals surface area (Å²) in [4.78, 5) is 33.3. The monoisotopic (exact) mass is 503 g/mol. The minimum absolute atomic E-state index is 0.0898. The number of nitrogens with one attached hydrogen (secondary N) is 2. The lowest BCUT2D eigenvalue weighted by Crippen LogP contribution is -2.34. The molecule has 1 aromatic carbocycles. The molecule has 2 aromatic heterocycles. The summed E-state index contributed by atoms with van der Waals surface area (Å²) in [5.41, 5.74) is 11.4. The van der Waals surface area contributed by atoms with Gasteiger partial charge < -0.3 is 20.7 Å². The number of anilines is 2. The van der Waals surface area contributed by atoms with E-state index < -0.39 is 0 Å². The van der Waals surface area contributed by atoms with Crippen molar-refractivity contribution in [1.82, 2.24) is 24.8 Å². The van der Waals surface area contributed by atoms with Crippen molar-refractivity contribution in [1.29, 1.82) is 0 Å². The quantitative estimate of drug-likeness (QED) is 0.421. The molecule has 7 rings (SSSR count). The number of hydrogen-bond donors (Lipinski definition) is 3. The number of carbonyl (C=O) groups excluding carboxylic acids is 2. The molecule has 3 aromatic rings. The first-order chi connectivity index (χ1) is 17.4. The van der Waals surface area contributed by atoms with Gasteiger partial charge in [-0.25, -0.2) is 9.50 Å². The van der Waals surface area contributed by atoms with Crippen LogP contribution in [0.1, 0.15) is 65.3 Å². The predicted octanol–water partition coefficient (Wildman–Crippen LogP) is 3.71. The number of benzene rings is 1. The van der Waals surface area contributed by atoms with Gasteiger partial charge in [-0.2, -0.15) is 0 Å². The number of amides is 2. The Balaban J connectivity index is 1.26. The van der Waals surface area contributed by atoms with E-state index in [4.69, 9.17) is 10.7 Å². The average Bonchev–Trinajstić information content (AvgIpc) is 3.79. The van der Waals surface area contributed by atoms with Gasteiger partial charge in [-0.05, 0) is 74.1 Å². The molecule has 4 N–H and O–H groups in total. The molecule has 4 aliphatic rings. The fourth-order valence-corrected chi connectivity index (χ4v) is 6.18. The largest absolute Gasteiger partial charge is 0.381 e. The fourth-order valence-electron chi connectivity index (χ4n) is 5.80. The summed E-state index contributed by atoms with van der Waals surface area (Å²) >= 11 is 1.46. The summed E-state index contributed by atoms with van der Waals surface area (Å²) in [6.45, 7) is 2.75. The summed E-state index contributed by atoms with van der Waals surface area (Å²) in [5.74, 6) is 0.657. The highest BCUT2D eigenvalue weighted by Gasteiger charge is 2.63. The van der Waals surface area contributed by atoms with Crippen molar-refractivity contribution < 1.29 is 9.59 Å². The second-order valence-corrected chi connectivity index (χ2v) is 11.4. The first kappa shape index (κ1) is 22.0. The maximum absolute atomic E-state index is 13.3. The molecule has 2 atom stereocenters. The highest BCUT2D eigenvalue weighted by Crippen LogP contribution is 2.65. The van der Waals surface area contributed by atoms with E-state index in [0.29, 0.717) is 34.8 Å². The van der Waals surface area contributed by atoms with E-state index in [2.05, 4.69) is 28.1 Å². The Labute approximate surface area is 213 Å². The van der Waals surface area contributed by atoms with Gasteiger partial charge >= 0.3 is 0 Å². The van der Waals surface area contributed by atoms with Crippen LogP contribution in [0.3, 0.4) is 0 Å². The number of carbonyl (C=O) groups is 2. The van der Waals surface area contributed by atoms with Crippen molar-refractivity contribution in [2.45, 2.75) is 57.7 Å². The first-order valence-electron chi connectivity index (χ1n) is 12.6. The number of nitrogens with zero attached hydrogens (tertiary/aromatic N) is 4. The van der Waals surface area contributed by atoms with Crippen LogP contribution in [0.15, 0.2) is 24.4 Å². The number of fused-ring (bicyclic) bond motifs is 2. The third kappa shape index (κ3) is 3.37. The maximum Gasteiger partial charge on any atom is 0.259 e. The highest BCUT2D eigenvalue weighted by atomic mass is 32.2. The zero-order valence-electron chi connectivity index (χ0n) is 20.4. The molecular weight excluding hydrogens is 474 g/mol. The highest BCUT2D eigenvalue weighted by molar-refractivity contribution is 7.99. The lowest BCUT2D eigenvalue weighted by Gasteiger charge is -2.24. The second kappa shape index (κ2) is 7.61. The standard InChI is InChI=1S/C26H29N7O2S/c1-13(14-3-4-14)32-12-16-9-15(10-18(31-36-2)20(16)25(32)35)17-5-8-33-23(28-17)21(22(27)30-33)24(34)29-19-11-26(19)6-7-26/h5,8-10,13-14,19,31H,3-4,6-7,11-12H2,1-2H3,(H2,27,30)(H,29,34). The lowest BCUT2D eigenvalue weighted by atomic mass is 10.0. The predicted molar refractivity (Wildman–Crippen MR) is 140 cm³/mol. The van der Waals surface area contributed by atoms with Crippen molar-refractivity contribution in [2.75, 3.05) is 16.7 Å². The van der Waals surface area contributed by atoms with Crippen LogP contribution in [0.4, 0.5) is 11.5 Å². The molecule has 1 aliphatic heterocycles. The Morgan fingerprint density at radius 2 is 2.11 bits per heavy atom. The van der Waals surface area contributed by atoms with Crippen LogP contribution in [0.5, 0.6) is 0 Å². The van der Waals surface area contributed by atoms with Gasteiger partial charge in [0, 0.05) is 36.6 Å². The van der Waals surface area contributed by atoms with Crippen molar-refractivity contribution in [2.24, 2.45) is 11.3 Å². The van der Waals surface area contributed by atoms with Gasteiger partial charge in [-0.15, -0.1) is 5.10 Å². The molecule has 3 heterocycles.